The summed E-state index contributed by atoms with van der Waals surface area (Å²) < 4.78 is 2.70. The zero-order valence-corrected chi connectivity index (χ0v) is 20.4. The molecule has 0 radical (unpaired) electrons. The first kappa shape index (κ1) is 23.5. The molecule has 31 heavy (non-hydrogen) atoms. The summed E-state index contributed by atoms with van der Waals surface area (Å²) in [5.41, 5.74) is 1.48. The number of nitrogens with one attached hydrogen (secondary N) is 1. The van der Waals surface area contributed by atoms with E-state index in [1.165, 1.54) is 0 Å². The van der Waals surface area contributed by atoms with Crippen molar-refractivity contribution < 1.29 is 9.59 Å². The average molecular weight is 490 g/mol. The molecule has 1 fully saturated rings. The Balaban J connectivity index is 1.51. The van der Waals surface area contributed by atoms with Crippen molar-refractivity contribution in [3.05, 3.63) is 46.7 Å². The SMILES string of the molecule is CN(C)CC(C)(C)CNC(=O)C1CCN(C(=O)c2cnn(-c3ccc(Br)cc3)c2)CC1. The van der Waals surface area contributed by atoms with Crippen LogP contribution in [-0.2, 0) is 4.79 Å². The summed E-state index contributed by atoms with van der Waals surface area (Å²) in [6.45, 7) is 7.04. The Morgan fingerprint density at radius 3 is 2.45 bits per heavy atom. The Hall–Kier alpha value is -2.19. The Bertz CT molecular complexity index is 899. The van der Waals surface area contributed by atoms with Crippen LogP contribution in [0.25, 0.3) is 5.69 Å². The molecule has 2 aromatic rings. The molecule has 0 atom stereocenters. The summed E-state index contributed by atoms with van der Waals surface area (Å²) in [6.07, 6.45) is 4.74. The van der Waals surface area contributed by atoms with E-state index in [2.05, 4.69) is 45.1 Å². The van der Waals surface area contributed by atoms with Crippen molar-refractivity contribution in [2.45, 2.75) is 26.7 Å². The van der Waals surface area contributed by atoms with E-state index in [0.29, 0.717) is 38.0 Å². The third-order valence-corrected chi connectivity index (χ3v) is 6.09. The molecule has 0 spiro atoms. The van der Waals surface area contributed by atoms with Gasteiger partial charge in [0.25, 0.3) is 5.91 Å². The van der Waals surface area contributed by atoms with Gasteiger partial charge in [0.2, 0.25) is 5.91 Å². The van der Waals surface area contributed by atoms with Crippen molar-refractivity contribution in [2.75, 3.05) is 40.3 Å². The topological polar surface area (TPSA) is 70.5 Å². The van der Waals surface area contributed by atoms with Crippen molar-refractivity contribution in [2.24, 2.45) is 11.3 Å². The van der Waals surface area contributed by atoms with Gasteiger partial charge in [0.05, 0.1) is 17.4 Å². The molecule has 1 saturated heterocycles. The standard InChI is InChI=1S/C23H32BrN5O2/c1-23(2,16-27(3)4)15-25-21(30)17-9-11-28(12-10-17)22(31)18-13-26-29(14-18)20-7-5-19(24)6-8-20/h5-8,13-14,17H,9-12,15-16H2,1-4H3,(H,25,30). The Kier molecular flexibility index (Phi) is 7.54. The highest BCUT2D eigenvalue weighted by molar-refractivity contribution is 9.10. The number of rotatable bonds is 7. The summed E-state index contributed by atoms with van der Waals surface area (Å²) in [7, 11) is 4.08. The first-order valence-corrected chi connectivity index (χ1v) is 11.5. The van der Waals surface area contributed by atoms with Crippen molar-refractivity contribution in [1.82, 2.24) is 24.9 Å². The van der Waals surface area contributed by atoms with Crippen LogP contribution < -0.4 is 5.32 Å². The second kappa shape index (κ2) is 9.96. The molecule has 7 nitrogen and oxygen atoms in total. The smallest absolute Gasteiger partial charge is 0.257 e. The quantitative estimate of drug-likeness (QED) is 0.648. The molecule has 1 aromatic carbocycles. The molecule has 0 unspecified atom stereocenters. The number of amides is 2. The fourth-order valence-electron chi connectivity index (χ4n) is 4.08. The lowest BCUT2D eigenvalue weighted by molar-refractivity contribution is -0.126. The second-order valence-electron chi connectivity index (χ2n) is 9.34. The van der Waals surface area contributed by atoms with E-state index in [1.807, 2.05) is 43.3 Å². The number of piperidine rings is 1. The zero-order chi connectivity index (χ0) is 22.6. The highest BCUT2D eigenvalue weighted by Crippen LogP contribution is 2.21. The van der Waals surface area contributed by atoms with Gasteiger partial charge in [0.15, 0.2) is 0 Å². The van der Waals surface area contributed by atoms with Gasteiger partial charge in [-0.05, 0) is 56.6 Å². The van der Waals surface area contributed by atoms with Gasteiger partial charge in [-0.3, -0.25) is 9.59 Å². The highest BCUT2D eigenvalue weighted by Gasteiger charge is 2.29. The van der Waals surface area contributed by atoms with Gasteiger partial charge in [-0.2, -0.15) is 5.10 Å². The molecule has 1 aromatic heterocycles. The number of likely N-dealkylation sites (tertiary alicyclic amines) is 1. The number of halogens is 1. The monoisotopic (exact) mass is 489 g/mol. The van der Waals surface area contributed by atoms with Crippen LogP contribution in [0.4, 0.5) is 0 Å². The van der Waals surface area contributed by atoms with Crippen molar-refractivity contribution in [3.8, 4) is 5.69 Å². The van der Waals surface area contributed by atoms with Crippen molar-refractivity contribution >= 4 is 27.7 Å². The van der Waals surface area contributed by atoms with Crippen LogP contribution in [-0.4, -0.2) is 71.7 Å². The molecule has 0 bridgehead atoms. The third kappa shape index (κ3) is 6.40. The van der Waals surface area contributed by atoms with E-state index in [-0.39, 0.29) is 23.1 Å². The van der Waals surface area contributed by atoms with Gasteiger partial charge >= 0.3 is 0 Å². The molecular weight excluding hydrogens is 458 g/mol. The van der Waals surface area contributed by atoms with Gasteiger partial charge in [0.1, 0.15) is 0 Å². The minimum atomic E-state index is -0.0373. The number of hydrogen-bond donors (Lipinski definition) is 1. The second-order valence-corrected chi connectivity index (χ2v) is 10.3. The van der Waals surface area contributed by atoms with E-state index in [9.17, 15) is 9.59 Å². The van der Waals surface area contributed by atoms with Crippen molar-refractivity contribution in [3.63, 3.8) is 0 Å². The van der Waals surface area contributed by atoms with Gasteiger partial charge < -0.3 is 15.1 Å². The predicted molar refractivity (Wildman–Crippen MR) is 125 cm³/mol. The minimum absolute atomic E-state index is 0.0187. The van der Waals surface area contributed by atoms with Crippen LogP contribution in [0.1, 0.15) is 37.0 Å². The first-order valence-electron chi connectivity index (χ1n) is 10.7. The number of hydrogen-bond acceptors (Lipinski definition) is 4. The zero-order valence-electron chi connectivity index (χ0n) is 18.8. The fourth-order valence-corrected chi connectivity index (χ4v) is 4.34. The molecule has 3 rings (SSSR count). The summed E-state index contributed by atoms with van der Waals surface area (Å²) >= 11 is 3.42. The van der Waals surface area contributed by atoms with Crippen LogP contribution in [0, 0.1) is 11.3 Å². The molecule has 1 N–H and O–H groups in total. The number of aromatic nitrogens is 2. The molecule has 2 amide bonds. The van der Waals surface area contributed by atoms with Gasteiger partial charge in [0, 0.05) is 42.8 Å². The van der Waals surface area contributed by atoms with Crippen LogP contribution in [0.5, 0.6) is 0 Å². The minimum Gasteiger partial charge on any atom is -0.355 e. The molecule has 1 aliphatic heterocycles. The highest BCUT2D eigenvalue weighted by atomic mass is 79.9. The van der Waals surface area contributed by atoms with Gasteiger partial charge in [-0.25, -0.2) is 4.68 Å². The van der Waals surface area contributed by atoms with E-state index in [4.69, 9.17) is 0 Å². The summed E-state index contributed by atoms with van der Waals surface area (Å²) in [5, 5.41) is 7.44. The number of carbonyl (C=O) groups is 2. The lowest BCUT2D eigenvalue weighted by Gasteiger charge is -2.33. The maximum Gasteiger partial charge on any atom is 0.257 e. The Morgan fingerprint density at radius 1 is 1.19 bits per heavy atom. The van der Waals surface area contributed by atoms with Crippen LogP contribution >= 0.6 is 15.9 Å². The Morgan fingerprint density at radius 2 is 1.84 bits per heavy atom. The van der Waals surface area contributed by atoms with E-state index in [0.717, 1.165) is 16.7 Å². The van der Waals surface area contributed by atoms with E-state index in [1.54, 1.807) is 17.1 Å². The average Bonchev–Trinajstić information content (AvgIpc) is 3.21. The normalized spacial score (nSPS) is 15.4. The van der Waals surface area contributed by atoms with Crippen LogP contribution in [0.15, 0.2) is 41.1 Å². The van der Waals surface area contributed by atoms with Gasteiger partial charge in [-0.15, -0.1) is 0 Å². The van der Waals surface area contributed by atoms with E-state index >= 15 is 0 Å². The van der Waals surface area contributed by atoms with Crippen LogP contribution in [0.2, 0.25) is 0 Å². The van der Waals surface area contributed by atoms with Gasteiger partial charge in [-0.1, -0.05) is 29.8 Å². The maximum absolute atomic E-state index is 12.9. The molecular formula is C23H32BrN5O2. The first-order chi connectivity index (χ1) is 14.6. The van der Waals surface area contributed by atoms with Crippen molar-refractivity contribution in [1.29, 1.82) is 0 Å². The molecule has 1 aliphatic rings. The summed E-state index contributed by atoms with van der Waals surface area (Å²) in [6, 6.07) is 7.76. The molecule has 168 valence electrons. The largest absolute Gasteiger partial charge is 0.355 e. The molecule has 0 saturated carbocycles. The predicted octanol–water partition coefficient (Wildman–Crippen LogP) is 3.19. The Labute approximate surface area is 192 Å². The molecule has 0 aliphatic carbocycles. The van der Waals surface area contributed by atoms with E-state index < -0.39 is 0 Å². The molecule has 2 heterocycles. The lowest BCUT2D eigenvalue weighted by atomic mass is 9.91. The maximum atomic E-state index is 12.9. The fraction of sp³-hybridized carbons (Fsp3) is 0.522. The lowest BCUT2D eigenvalue weighted by Crippen LogP contribution is -2.46. The number of nitrogens with zero attached hydrogens (tertiary/aromatic N) is 4. The molecule has 8 heteroatoms. The van der Waals surface area contributed by atoms with Crippen LogP contribution in [0.3, 0.4) is 0 Å². The third-order valence-electron chi connectivity index (χ3n) is 5.56. The number of carbonyl (C=O) groups excluding carboxylic acids is 2. The summed E-state index contributed by atoms with van der Waals surface area (Å²) in [5.74, 6) is 0.0287. The summed E-state index contributed by atoms with van der Waals surface area (Å²) in [4.78, 5) is 29.5. The number of benzene rings is 1.